The predicted octanol–water partition coefficient (Wildman–Crippen LogP) is -1.70. The lowest BCUT2D eigenvalue weighted by Gasteiger charge is -2.11. The molecule has 0 aliphatic heterocycles. The van der Waals surface area contributed by atoms with Crippen molar-refractivity contribution in [3.8, 4) is 6.07 Å². The largest absolute Gasteiger partial charge is 0.328 e. The van der Waals surface area contributed by atoms with Crippen LogP contribution >= 0.6 is 0 Å². The summed E-state index contributed by atoms with van der Waals surface area (Å²) in [6, 6.07) is 1.62. The first-order valence-electron chi connectivity index (χ1n) is 4.92. The fourth-order valence-electron chi connectivity index (χ4n) is 1.15. The van der Waals surface area contributed by atoms with Crippen molar-refractivity contribution in [2.24, 2.45) is 0 Å². The van der Waals surface area contributed by atoms with Crippen molar-refractivity contribution in [2.45, 2.75) is 6.54 Å². The van der Waals surface area contributed by atoms with Gasteiger partial charge in [-0.2, -0.15) is 5.26 Å². The lowest BCUT2D eigenvalue weighted by Crippen LogP contribution is -2.34. The molecule has 0 atom stereocenters. The van der Waals surface area contributed by atoms with E-state index in [0.717, 1.165) is 15.1 Å². The average Bonchev–Trinajstić information content (AvgIpc) is 2.27. The van der Waals surface area contributed by atoms with Crippen LogP contribution in [0.4, 0.5) is 0 Å². The highest BCUT2D eigenvalue weighted by atomic mass is 32.2. The number of aromatic amines is 1. The standard InChI is InChI=1S/C9H12N4O4S/c1-12(2)18(16,17)4-3-13-6-7(5-10)8(14)11-9(13)15/h6H,3-4H2,1-2H3,(H,11,14,15). The maximum absolute atomic E-state index is 11.5. The minimum Gasteiger partial charge on any atom is -0.298 e. The van der Waals surface area contributed by atoms with Crippen molar-refractivity contribution in [3.05, 3.63) is 32.6 Å². The Balaban J connectivity index is 3.05. The first-order chi connectivity index (χ1) is 8.27. The van der Waals surface area contributed by atoms with Crippen molar-refractivity contribution < 1.29 is 8.42 Å². The second kappa shape index (κ2) is 5.16. The number of hydrogen-bond donors (Lipinski definition) is 1. The van der Waals surface area contributed by atoms with Crippen LogP contribution in [0.15, 0.2) is 15.8 Å². The fraction of sp³-hybridized carbons (Fsp3) is 0.444. The van der Waals surface area contributed by atoms with E-state index in [4.69, 9.17) is 5.26 Å². The molecule has 1 N–H and O–H groups in total. The van der Waals surface area contributed by atoms with E-state index in [-0.39, 0.29) is 17.9 Å². The van der Waals surface area contributed by atoms with E-state index in [9.17, 15) is 18.0 Å². The summed E-state index contributed by atoms with van der Waals surface area (Å²) in [4.78, 5) is 24.4. The summed E-state index contributed by atoms with van der Waals surface area (Å²) in [6.07, 6.45) is 1.05. The second-order valence-corrected chi connectivity index (χ2v) is 6.01. The second-order valence-electron chi connectivity index (χ2n) is 3.71. The van der Waals surface area contributed by atoms with Crippen LogP contribution in [0.25, 0.3) is 0 Å². The first-order valence-corrected chi connectivity index (χ1v) is 6.53. The maximum atomic E-state index is 11.5. The van der Waals surface area contributed by atoms with Crippen LogP contribution in [0.3, 0.4) is 0 Å². The van der Waals surface area contributed by atoms with E-state index in [2.05, 4.69) is 0 Å². The van der Waals surface area contributed by atoms with Gasteiger partial charge in [-0.25, -0.2) is 17.5 Å². The van der Waals surface area contributed by atoms with Crippen LogP contribution in [0.1, 0.15) is 5.56 Å². The lowest BCUT2D eigenvalue weighted by atomic mass is 10.4. The SMILES string of the molecule is CN(C)S(=O)(=O)CCn1cc(C#N)c(=O)[nH]c1=O. The predicted molar refractivity (Wildman–Crippen MR) is 63.5 cm³/mol. The van der Waals surface area contributed by atoms with Gasteiger partial charge in [0.05, 0.1) is 5.75 Å². The molecule has 0 aromatic carbocycles. The van der Waals surface area contributed by atoms with E-state index in [1.165, 1.54) is 14.1 Å². The van der Waals surface area contributed by atoms with Gasteiger partial charge in [-0.1, -0.05) is 0 Å². The monoisotopic (exact) mass is 272 g/mol. The molecule has 0 aliphatic rings. The lowest BCUT2D eigenvalue weighted by molar-refractivity contribution is 0.513. The summed E-state index contributed by atoms with van der Waals surface area (Å²) >= 11 is 0. The van der Waals surface area contributed by atoms with E-state index < -0.39 is 21.3 Å². The van der Waals surface area contributed by atoms with Crippen molar-refractivity contribution in [1.29, 1.82) is 5.26 Å². The summed E-state index contributed by atoms with van der Waals surface area (Å²) < 4.78 is 25.0. The highest BCUT2D eigenvalue weighted by Gasteiger charge is 2.14. The van der Waals surface area contributed by atoms with Gasteiger partial charge >= 0.3 is 5.69 Å². The number of aryl methyl sites for hydroxylation is 1. The minimum atomic E-state index is -3.44. The van der Waals surface area contributed by atoms with Gasteiger partial charge in [-0.05, 0) is 0 Å². The topological polar surface area (TPSA) is 116 Å². The number of H-pyrrole nitrogens is 1. The number of nitriles is 1. The zero-order valence-electron chi connectivity index (χ0n) is 9.87. The molecule has 8 nitrogen and oxygen atoms in total. The summed E-state index contributed by atoms with van der Waals surface area (Å²) in [5, 5.41) is 8.64. The molecule has 0 radical (unpaired) electrons. The molecule has 1 rings (SSSR count). The van der Waals surface area contributed by atoms with Crippen LogP contribution in [-0.4, -0.2) is 42.1 Å². The van der Waals surface area contributed by atoms with Gasteiger partial charge in [0.2, 0.25) is 10.0 Å². The summed E-state index contributed by atoms with van der Waals surface area (Å²) in [5.74, 6) is -0.295. The number of sulfonamides is 1. The molecular formula is C9H12N4O4S. The Hall–Kier alpha value is -1.92. The van der Waals surface area contributed by atoms with Gasteiger partial charge in [-0.3, -0.25) is 14.3 Å². The Morgan fingerprint density at radius 1 is 1.44 bits per heavy atom. The number of nitrogens with zero attached hydrogens (tertiary/aromatic N) is 3. The molecule has 0 unspecified atom stereocenters. The highest BCUT2D eigenvalue weighted by Crippen LogP contribution is 1.95. The van der Waals surface area contributed by atoms with Crippen LogP contribution in [0.2, 0.25) is 0 Å². The average molecular weight is 272 g/mol. The third kappa shape index (κ3) is 3.06. The molecule has 0 aliphatic carbocycles. The molecule has 0 fully saturated rings. The molecule has 0 bridgehead atoms. The molecule has 9 heteroatoms. The summed E-state index contributed by atoms with van der Waals surface area (Å²) in [5.41, 5.74) is -1.76. The molecular weight excluding hydrogens is 260 g/mol. The molecule has 1 aromatic rings. The zero-order chi connectivity index (χ0) is 13.9. The smallest absolute Gasteiger partial charge is 0.298 e. The van der Waals surface area contributed by atoms with E-state index in [0.29, 0.717) is 0 Å². The van der Waals surface area contributed by atoms with Gasteiger partial charge in [0.15, 0.2) is 0 Å². The van der Waals surface area contributed by atoms with Crippen molar-refractivity contribution in [1.82, 2.24) is 13.9 Å². The van der Waals surface area contributed by atoms with Gasteiger partial charge < -0.3 is 0 Å². The minimum absolute atomic E-state index is 0.134. The number of hydrogen-bond acceptors (Lipinski definition) is 5. The Morgan fingerprint density at radius 3 is 2.56 bits per heavy atom. The van der Waals surface area contributed by atoms with Gasteiger partial charge in [-0.15, -0.1) is 0 Å². The number of aromatic nitrogens is 2. The van der Waals surface area contributed by atoms with Crippen LogP contribution in [0, 0.1) is 11.3 Å². The molecule has 0 saturated heterocycles. The third-order valence-electron chi connectivity index (χ3n) is 2.28. The normalized spacial score (nSPS) is 11.4. The van der Waals surface area contributed by atoms with E-state index in [1.54, 1.807) is 6.07 Å². The van der Waals surface area contributed by atoms with Crippen molar-refractivity contribution in [2.75, 3.05) is 19.8 Å². The van der Waals surface area contributed by atoms with Crippen molar-refractivity contribution in [3.63, 3.8) is 0 Å². The van der Waals surface area contributed by atoms with Crippen LogP contribution in [0.5, 0.6) is 0 Å². The van der Waals surface area contributed by atoms with Crippen LogP contribution < -0.4 is 11.2 Å². The molecule has 98 valence electrons. The molecule has 0 spiro atoms. The Bertz CT molecular complexity index is 693. The van der Waals surface area contributed by atoms with Gasteiger partial charge in [0, 0.05) is 26.8 Å². The van der Waals surface area contributed by atoms with E-state index >= 15 is 0 Å². The quantitative estimate of drug-likeness (QED) is 0.701. The molecule has 18 heavy (non-hydrogen) atoms. The van der Waals surface area contributed by atoms with Gasteiger partial charge in [0.25, 0.3) is 5.56 Å². The Kier molecular flexibility index (Phi) is 4.05. The number of nitrogens with one attached hydrogen (secondary N) is 1. The maximum Gasteiger partial charge on any atom is 0.328 e. The Labute approximate surface area is 103 Å². The molecule has 0 amide bonds. The summed E-state index contributed by atoms with van der Waals surface area (Å²) in [6.45, 7) is -0.134. The van der Waals surface area contributed by atoms with Gasteiger partial charge in [0.1, 0.15) is 11.6 Å². The molecule has 0 saturated carbocycles. The Morgan fingerprint density at radius 2 is 2.06 bits per heavy atom. The number of rotatable bonds is 4. The fourth-order valence-corrected chi connectivity index (χ4v) is 1.94. The van der Waals surface area contributed by atoms with Crippen molar-refractivity contribution >= 4 is 10.0 Å². The summed E-state index contributed by atoms with van der Waals surface area (Å²) in [7, 11) is -0.683. The van der Waals surface area contributed by atoms with Crippen LogP contribution in [-0.2, 0) is 16.6 Å². The van der Waals surface area contributed by atoms with E-state index in [1.807, 2.05) is 4.98 Å². The zero-order valence-corrected chi connectivity index (χ0v) is 10.7. The highest BCUT2D eigenvalue weighted by molar-refractivity contribution is 7.89. The molecule has 1 heterocycles. The molecule has 1 aromatic heterocycles. The third-order valence-corrected chi connectivity index (χ3v) is 4.09. The first kappa shape index (κ1) is 14.1.